The largest absolute Gasteiger partial charge is 0.378 e. The van der Waals surface area contributed by atoms with Crippen LogP contribution >= 0.6 is 0 Å². The zero-order chi connectivity index (χ0) is 10.5. The Balaban J connectivity index is 1.69. The number of ether oxygens (including phenoxy) is 2. The smallest absolute Gasteiger partial charge is 0.0742 e. The fraction of sp³-hybridized carbons (Fsp3) is 1.00. The van der Waals surface area contributed by atoms with Gasteiger partial charge >= 0.3 is 0 Å². The zero-order valence-corrected chi connectivity index (χ0v) is 9.28. The van der Waals surface area contributed by atoms with Gasteiger partial charge in [0, 0.05) is 19.3 Å². The Kier molecular flexibility index (Phi) is 4.38. The molecule has 0 aromatic carbocycles. The molecule has 4 nitrogen and oxygen atoms in total. The first-order valence-corrected chi connectivity index (χ1v) is 6.09. The molecule has 88 valence electrons. The first-order chi connectivity index (χ1) is 7.40. The standard InChI is InChI=1S/C11H22N2O2/c12-13-10(11-4-2-8-15-11)6-5-9-3-1-7-14-9/h9-11,13H,1-8,12H2. The van der Waals surface area contributed by atoms with Gasteiger partial charge in [0.15, 0.2) is 0 Å². The molecule has 2 aliphatic rings. The summed E-state index contributed by atoms with van der Waals surface area (Å²) in [5.74, 6) is 5.57. The first-order valence-electron chi connectivity index (χ1n) is 6.09. The summed E-state index contributed by atoms with van der Waals surface area (Å²) in [7, 11) is 0. The van der Waals surface area contributed by atoms with Crippen LogP contribution in [0.1, 0.15) is 38.5 Å². The molecule has 0 spiro atoms. The van der Waals surface area contributed by atoms with Crippen LogP contribution in [0.25, 0.3) is 0 Å². The van der Waals surface area contributed by atoms with Gasteiger partial charge in [0.2, 0.25) is 0 Å². The van der Waals surface area contributed by atoms with Crippen molar-refractivity contribution in [2.45, 2.75) is 56.8 Å². The van der Waals surface area contributed by atoms with E-state index in [1.165, 1.54) is 19.3 Å². The predicted molar refractivity (Wildman–Crippen MR) is 58.3 cm³/mol. The van der Waals surface area contributed by atoms with Gasteiger partial charge in [-0.1, -0.05) is 0 Å². The summed E-state index contributed by atoms with van der Waals surface area (Å²) in [6.07, 6.45) is 7.68. The van der Waals surface area contributed by atoms with Gasteiger partial charge in [-0.15, -0.1) is 0 Å². The third kappa shape index (κ3) is 3.14. The molecule has 2 heterocycles. The summed E-state index contributed by atoms with van der Waals surface area (Å²) in [4.78, 5) is 0. The Morgan fingerprint density at radius 3 is 2.60 bits per heavy atom. The third-order valence-corrected chi connectivity index (χ3v) is 3.45. The SMILES string of the molecule is NNC(CCC1CCCO1)C1CCCO1. The van der Waals surface area contributed by atoms with Gasteiger partial charge in [0.25, 0.3) is 0 Å². The van der Waals surface area contributed by atoms with Gasteiger partial charge in [-0.05, 0) is 38.5 Å². The molecule has 0 saturated carbocycles. The fourth-order valence-corrected chi connectivity index (χ4v) is 2.53. The van der Waals surface area contributed by atoms with Crippen molar-refractivity contribution >= 4 is 0 Å². The van der Waals surface area contributed by atoms with E-state index in [9.17, 15) is 0 Å². The molecule has 2 fully saturated rings. The minimum Gasteiger partial charge on any atom is -0.378 e. The lowest BCUT2D eigenvalue weighted by Gasteiger charge is -2.23. The molecular formula is C11H22N2O2. The van der Waals surface area contributed by atoms with Crippen LogP contribution in [0, 0.1) is 0 Å². The van der Waals surface area contributed by atoms with Crippen LogP contribution in [-0.4, -0.2) is 31.5 Å². The fourth-order valence-electron chi connectivity index (χ4n) is 2.53. The third-order valence-electron chi connectivity index (χ3n) is 3.45. The second-order valence-electron chi connectivity index (χ2n) is 4.54. The Bertz CT molecular complexity index is 177. The second kappa shape index (κ2) is 5.80. The molecule has 0 aromatic rings. The van der Waals surface area contributed by atoms with Gasteiger partial charge in [0.1, 0.15) is 0 Å². The number of rotatable bonds is 5. The van der Waals surface area contributed by atoms with Crippen LogP contribution in [0.3, 0.4) is 0 Å². The Morgan fingerprint density at radius 2 is 2.00 bits per heavy atom. The molecule has 0 aromatic heterocycles. The van der Waals surface area contributed by atoms with Crippen LogP contribution in [-0.2, 0) is 9.47 Å². The second-order valence-corrected chi connectivity index (χ2v) is 4.54. The monoisotopic (exact) mass is 214 g/mol. The number of hydrazine groups is 1. The summed E-state index contributed by atoms with van der Waals surface area (Å²) >= 11 is 0. The molecule has 0 bridgehead atoms. The number of hydrogen-bond acceptors (Lipinski definition) is 4. The van der Waals surface area contributed by atoms with E-state index in [0.29, 0.717) is 18.2 Å². The van der Waals surface area contributed by atoms with Gasteiger partial charge in [-0.2, -0.15) is 0 Å². The van der Waals surface area contributed by atoms with Crippen molar-refractivity contribution in [2.24, 2.45) is 5.84 Å². The highest BCUT2D eigenvalue weighted by molar-refractivity contribution is 4.80. The van der Waals surface area contributed by atoms with Gasteiger partial charge in [0.05, 0.1) is 12.2 Å². The van der Waals surface area contributed by atoms with Gasteiger partial charge in [-0.25, -0.2) is 0 Å². The van der Waals surface area contributed by atoms with Crippen molar-refractivity contribution in [3.8, 4) is 0 Å². The molecule has 3 unspecified atom stereocenters. The molecule has 4 heteroatoms. The summed E-state index contributed by atoms with van der Waals surface area (Å²) in [6, 6.07) is 0.302. The summed E-state index contributed by atoms with van der Waals surface area (Å²) in [5.41, 5.74) is 2.89. The molecule has 0 amide bonds. The molecule has 0 aliphatic carbocycles. The number of hydrogen-bond donors (Lipinski definition) is 2. The van der Waals surface area contributed by atoms with Crippen LogP contribution in [0.2, 0.25) is 0 Å². The molecule has 15 heavy (non-hydrogen) atoms. The van der Waals surface area contributed by atoms with E-state index < -0.39 is 0 Å². The Morgan fingerprint density at radius 1 is 1.20 bits per heavy atom. The average Bonchev–Trinajstić information content (AvgIpc) is 2.90. The normalized spacial score (nSPS) is 33.4. The van der Waals surface area contributed by atoms with Gasteiger partial charge in [-0.3, -0.25) is 11.3 Å². The Hall–Kier alpha value is -0.160. The van der Waals surface area contributed by atoms with E-state index in [1.54, 1.807) is 0 Å². The molecule has 2 saturated heterocycles. The lowest BCUT2D eigenvalue weighted by Crippen LogP contribution is -2.44. The molecular weight excluding hydrogens is 192 g/mol. The van der Waals surface area contributed by atoms with Crippen molar-refractivity contribution < 1.29 is 9.47 Å². The molecule has 3 atom stereocenters. The number of nitrogens with two attached hydrogens (primary N) is 1. The van der Waals surface area contributed by atoms with E-state index in [2.05, 4.69) is 5.43 Å². The maximum atomic E-state index is 5.64. The number of nitrogens with one attached hydrogen (secondary N) is 1. The summed E-state index contributed by atoms with van der Waals surface area (Å²) in [6.45, 7) is 1.83. The highest BCUT2D eigenvalue weighted by Gasteiger charge is 2.26. The molecule has 2 aliphatic heterocycles. The highest BCUT2D eigenvalue weighted by atomic mass is 16.5. The quantitative estimate of drug-likeness (QED) is 0.528. The van der Waals surface area contributed by atoms with E-state index >= 15 is 0 Å². The van der Waals surface area contributed by atoms with Crippen LogP contribution < -0.4 is 11.3 Å². The summed E-state index contributed by atoms with van der Waals surface area (Å²) in [5, 5.41) is 0. The van der Waals surface area contributed by atoms with Crippen molar-refractivity contribution in [3.63, 3.8) is 0 Å². The van der Waals surface area contributed by atoms with Crippen molar-refractivity contribution in [2.75, 3.05) is 13.2 Å². The predicted octanol–water partition coefficient (Wildman–Crippen LogP) is 0.956. The first kappa shape index (κ1) is 11.3. The molecule has 2 rings (SSSR count). The van der Waals surface area contributed by atoms with Crippen LogP contribution in [0.15, 0.2) is 0 Å². The minimum absolute atomic E-state index is 0.302. The molecule has 0 radical (unpaired) electrons. The Labute approximate surface area is 91.5 Å². The van der Waals surface area contributed by atoms with E-state index in [0.717, 1.165) is 32.5 Å². The van der Waals surface area contributed by atoms with Crippen molar-refractivity contribution in [3.05, 3.63) is 0 Å². The van der Waals surface area contributed by atoms with E-state index in [1.807, 2.05) is 0 Å². The minimum atomic E-state index is 0.302. The van der Waals surface area contributed by atoms with Gasteiger partial charge < -0.3 is 9.47 Å². The zero-order valence-electron chi connectivity index (χ0n) is 9.28. The average molecular weight is 214 g/mol. The van der Waals surface area contributed by atoms with E-state index in [-0.39, 0.29) is 0 Å². The maximum Gasteiger partial charge on any atom is 0.0742 e. The lowest BCUT2D eigenvalue weighted by molar-refractivity contribution is 0.0606. The molecule has 3 N–H and O–H groups in total. The summed E-state index contributed by atoms with van der Waals surface area (Å²) < 4.78 is 11.2. The topological polar surface area (TPSA) is 56.5 Å². The van der Waals surface area contributed by atoms with Crippen LogP contribution in [0.4, 0.5) is 0 Å². The van der Waals surface area contributed by atoms with Crippen LogP contribution in [0.5, 0.6) is 0 Å². The van der Waals surface area contributed by atoms with E-state index in [4.69, 9.17) is 15.3 Å². The van der Waals surface area contributed by atoms with Crippen molar-refractivity contribution in [1.82, 2.24) is 5.43 Å². The van der Waals surface area contributed by atoms with Crippen molar-refractivity contribution in [1.29, 1.82) is 0 Å². The lowest BCUT2D eigenvalue weighted by atomic mass is 10.0. The highest BCUT2D eigenvalue weighted by Crippen LogP contribution is 2.22. The maximum absolute atomic E-state index is 5.64.